The number of pyridine rings is 1. The Kier molecular flexibility index (Phi) is 7.06. The van der Waals surface area contributed by atoms with Gasteiger partial charge in [-0.25, -0.2) is 14.3 Å². The number of hydrazine groups is 1. The van der Waals surface area contributed by atoms with Gasteiger partial charge in [-0.3, -0.25) is 20.2 Å². The number of nitrogens with one attached hydrogen (secondary N) is 2. The van der Waals surface area contributed by atoms with Crippen molar-refractivity contribution >= 4 is 23.5 Å². The van der Waals surface area contributed by atoms with Gasteiger partial charge in [-0.1, -0.05) is 18.2 Å². The van der Waals surface area contributed by atoms with Crippen LogP contribution in [0.3, 0.4) is 0 Å². The predicted octanol–water partition coefficient (Wildman–Crippen LogP) is 4.47. The summed E-state index contributed by atoms with van der Waals surface area (Å²) in [6.45, 7) is 1.64. The number of hydrogen-bond donors (Lipinski definition) is 3. The summed E-state index contributed by atoms with van der Waals surface area (Å²) in [6.07, 6.45) is 1.50. The quantitative estimate of drug-likeness (QED) is 0.248. The van der Waals surface area contributed by atoms with Crippen LogP contribution in [0.5, 0.6) is 5.88 Å². The monoisotopic (exact) mass is 515 g/mol. The third-order valence-electron chi connectivity index (χ3n) is 5.20. The molecular formula is C24H20F3N5O3S. The number of hydrogen-bond acceptors (Lipinski definition) is 6. The van der Waals surface area contributed by atoms with Crippen molar-refractivity contribution in [3.8, 4) is 11.6 Å². The molecule has 0 aliphatic heterocycles. The van der Waals surface area contributed by atoms with Crippen LogP contribution in [0.4, 0.5) is 19.0 Å². The van der Waals surface area contributed by atoms with Crippen LogP contribution >= 0.6 is 11.8 Å². The molecule has 0 radical (unpaired) electrons. The fraction of sp³-hybridized carbons (Fsp3) is 0.125. The van der Waals surface area contributed by atoms with Gasteiger partial charge in [-0.2, -0.15) is 13.2 Å². The van der Waals surface area contributed by atoms with Gasteiger partial charge in [0.1, 0.15) is 5.82 Å². The van der Waals surface area contributed by atoms with Gasteiger partial charge >= 0.3 is 11.2 Å². The van der Waals surface area contributed by atoms with Gasteiger partial charge in [0.2, 0.25) is 5.88 Å². The number of benzene rings is 2. The molecule has 4 rings (SSSR count). The number of aromatic nitrogens is 3. The van der Waals surface area contributed by atoms with E-state index in [9.17, 15) is 27.9 Å². The Morgan fingerprint density at radius 2 is 1.78 bits per heavy atom. The lowest BCUT2D eigenvalue weighted by molar-refractivity contribution is -0.0328. The van der Waals surface area contributed by atoms with Gasteiger partial charge in [0.15, 0.2) is 0 Å². The number of carbonyl (C=O) groups is 1. The van der Waals surface area contributed by atoms with Crippen molar-refractivity contribution in [1.29, 1.82) is 0 Å². The third kappa shape index (κ3) is 5.71. The van der Waals surface area contributed by atoms with E-state index in [1.165, 1.54) is 35.0 Å². The van der Waals surface area contributed by atoms with E-state index in [2.05, 4.69) is 15.8 Å². The first kappa shape index (κ1) is 24.9. The standard InChI is InChI=1S/C24H20F3N5O3S/c1-15-22(34)32(18-7-9-19(10-8-18)36-24(25,26)27)23(35)31(15)14-16-11-12-28-20(13-16)29-30-21(33)17-5-3-2-4-6-17/h2-13,34H,14H2,1H3,(H,28,29)(H,30,33). The molecule has 2 heterocycles. The van der Waals surface area contributed by atoms with E-state index < -0.39 is 11.2 Å². The molecule has 4 aromatic rings. The smallest absolute Gasteiger partial charge is 0.446 e. The molecule has 0 unspecified atom stereocenters. The summed E-state index contributed by atoms with van der Waals surface area (Å²) in [6, 6.07) is 17.1. The summed E-state index contributed by atoms with van der Waals surface area (Å²) in [5.41, 5.74) is 1.90. The molecule has 3 N–H and O–H groups in total. The normalized spacial score (nSPS) is 11.3. The van der Waals surface area contributed by atoms with Crippen LogP contribution in [-0.2, 0) is 6.54 Å². The first-order valence-electron chi connectivity index (χ1n) is 10.6. The van der Waals surface area contributed by atoms with Crippen LogP contribution in [0.25, 0.3) is 5.69 Å². The van der Waals surface area contributed by atoms with Crippen molar-refractivity contribution in [2.45, 2.75) is 23.9 Å². The van der Waals surface area contributed by atoms with Crippen LogP contribution in [-0.4, -0.2) is 30.6 Å². The zero-order chi connectivity index (χ0) is 25.9. The molecule has 12 heteroatoms. The average Bonchev–Trinajstić information content (AvgIpc) is 3.06. The summed E-state index contributed by atoms with van der Waals surface area (Å²) in [7, 11) is 0. The topological polar surface area (TPSA) is 101 Å². The predicted molar refractivity (Wildman–Crippen MR) is 129 cm³/mol. The Hall–Kier alpha value is -4.19. The minimum absolute atomic E-state index is 0.0360. The minimum atomic E-state index is -4.43. The summed E-state index contributed by atoms with van der Waals surface area (Å²) >= 11 is -0.264. The molecule has 2 aromatic heterocycles. The summed E-state index contributed by atoms with van der Waals surface area (Å²) in [5.74, 6) is -0.334. The Balaban J connectivity index is 1.52. The Bertz CT molecular complexity index is 1430. The fourth-order valence-electron chi connectivity index (χ4n) is 3.46. The molecule has 0 saturated heterocycles. The van der Waals surface area contributed by atoms with Crippen LogP contribution < -0.4 is 16.5 Å². The average molecular weight is 516 g/mol. The van der Waals surface area contributed by atoms with E-state index in [0.717, 1.165) is 4.57 Å². The zero-order valence-corrected chi connectivity index (χ0v) is 19.6. The van der Waals surface area contributed by atoms with Crippen molar-refractivity contribution in [2.75, 3.05) is 5.43 Å². The highest BCUT2D eigenvalue weighted by Gasteiger charge is 2.29. The molecular weight excluding hydrogens is 495 g/mol. The van der Waals surface area contributed by atoms with Crippen molar-refractivity contribution in [3.05, 3.63) is 100 Å². The van der Waals surface area contributed by atoms with Crippen molar-refractivity contribution < 1.29 is 23.1 Å². The lowest BCUT2D eigenvalue weighted by Crippen LogP contribution is -2.29. The maximum Gasteiger partial charge on any atom is 0.446 e. The number of aromatic hydroxyl groups is 1. The molecule has 0 saturated carbocycles. The van der Waals surface area contributed by atoms with Crippen LogP contribution in [0.1, 0.15) is 21.6 Å². The van der Waals surface area contributed by atoms with Gasteiger partial charge in [0, 0.05) is 16.7 Å². The van der Waals surface area contributed by atoms with E-state index in [0.29, 0.717) is 16.9 Å². The highest BCUT2D eigenvalue weighted by Crippen LogP contribution is 2.37. The van der Waals surface area contributed by atoms with E-state index in [4.69, 9.17) is 0 Å². The molecule has 0 fully saturated rings. The zero-order valence-electron chi connectivity index (χ0n) is 18.8. The van der Waals surface area contributed by atoms with Gasteiger partial charge < -0.3 is 5.11 Å². The lowest BCUT2D eigenvalue weighted by atomic mass is 10.2. The number of halogens is 3. The first-order chi connectivity index (χ1) is 17.1. The van der Waals surface area contributed by atoms with Crippen LogP contribution in [0.2, 0.25) is 0 Å². The second kappa shape index (κ2) is 10.2. The van der Waals surface area contributed by atoms with Crippen molar-refractivity contribution in [1.82, 2.24) is 19.5 Å². The maximum atomic E-state index is 13.1. The van der Waals surface area contributed by atoms with Gasteiger partial charge in [0.05, 0.1) is 17.9 Å². The third-order valence-corrected chi connectivity index (χ3v) is 5.94. The number of imidazole rings is 1. The maximum absolute atomic E-state index is 13.1. The van der Waals surface area contributed by atoms with Crippen LogP contribution in [0, 0.1) is 6.92 Å². The molecule has 1 amide bonds. The lowest BCUT2D eigenvalue weighted by Gasteiger charge is -2.10. The Morgan fingerprint density at radius 3 is 2.44 bits per heavy atom. The number of rotatable bonds is 7. The fourth-order valence-corrected chi connectivity index (χ4v) is 4.00. The second-order valence-corrected chi connectivity index (χ2v) is 8.79. The molecule has 0 spiro atoms. The molecule has 0 aliphatic rings. The minimum Gasteiger partial charge on any atom is -0.493 e. The first-order valence-corrected chi connectivity index (χ1v) is 11.4. The molecule has 186 valence electrons. The van der Waals surface area contributed by atoms with Crippen molar-refractivity contribution in [2.24, 2.45) is 0 Å². The number of amides is 1. The van der Waals surface area contributed by atoms with Gasteiger partial charge in [-0.05, 0) is 72.8 Å². The van der Waals surface area contributed by atoms with E-state index in [1.807, 2.05) is 0 Å². The Labute approximate surface area is 207 Å². The molecule has 2 aromatic carbocycles. The SMILES string of the molecule is Cc1c(O)n(-c2ccc(SC(F)(F)F)cc2)c(=O)n1Cc1ccnc(NNC(=O)c2ccccc2)c1. The molecule has 8 nitrogen and oxygen atoms in total. The van der Waals surface area contributed by atoms with Crippen molar-refractivity contribution in [3.63, 3.8) is 0 Å². The molecule has 0 aliphatic carbocycles. The highest BCUT2D eigenvalue weighted by molar-refractivity contribution is 8.00. The van der Waals surface area contributed by atoms with E-state index in [-0.39, 0.29) is 46.4 Å². The molecule has 0 bridgehead atoms. The summed E-state index contributed by atoms with van der Waals surface area (Å²) < 4.78 is 40.1. The Morgan fingerprint density at radius 1 is 1.08 bits per heavy atom. The molecule has 36 heavy (non-hydrogen) atoms. The summed E-state index contributed by atoms with van der Waals surface area (Å²) in [4.78, 5) is 29.4. The molecule has 0 atom stereocenters. The number of anilines is 1. The van der Waals surface area contributed by atoms with Gasteiger partial charge in [0.25, 0.3) is 5.91 Å². The summed E-state index contributed by atoms with van der Waals surface area (Å²) in [5, 5.41) is 10.6. The van der Waals surface area contributed by atoms with Gasteiger partial charge in [-0.15, -0.1) is 0 Å². The van der Waals surface area contributed by atoms with Crippen LogP contribution in [0.15, 0.2) is 82.6 Å². The number of thioether (sulfide) groups is 1. The number of alkyl halides is 3. The largest absolute Gasteiger partial charge is 0.493 e. The highest BCUT2D eigenvalue weighted by atomic mass is 32.2. The number of carbonyl (C=O) groups excluding carboxylic acids is 1. The second-order valence-electron chi connectivity index (χ2n) is 7.65. The number of nitrogens with zero attached hydrogens (tertiary/aromatic N) is 3. The van der Waals surface area contributed by atoms with E-state index in [1.54, 1.807) is 49.4 Å². The van der Waals surface area contributed by atoms with E-state index >= 15 is 0 Å².